The summed E-state index contributed by atoms with van der Waals surface area (Å²) in [4.78, 5) is 46.4. The van der Waals surface area contributed by atoms with Crippen molar-refractivity contribution in [2.75, 3.05) is 36.5 Å². The molecule has 2 aromatic heterocycles. The van der Waals surface area contributed by atoms with Crippen LogP contribution in [0.15, 0.2) is 18.5 Å². The molecule has 4 heterocycles. The summed E-state index contributed by atoms with van der Waals surface area (Å²) in [5.74, 6) is 1.07. The molecule has 5 rings (SSSR count). The Labute approximate surface area is 195 Å². The highest BCUT2D eigenvalue weighted by atomic mass is 16.6. The first-order valence-corrected chi connectivity index (χ1v) is 11.0. The monoisotopic (exact) mass is 470 g/mol. The molecule has 2 aromatic rings. The molecule has 0 aromatic carbocycles. The average Bonchev–Trinajstić information content (AvgIpc) is 3.40. The number of fused-ring (bicyclic) bond motifs is 2. The largest absolute Gasteiger partial charge is 0.483 e. The van der Waals surface area contributed by atoms with Crippen molar-refractivity contribution in [2.24, 2.45) is 5.92 Å². The molecule has 3 N–H and O–H groups in total. The van der Waals surface area contributed by atoms with Gasteiger partial charge in [0.2, 0.25) is 0 Å². The van der Waals surface area contributed by atoms with E-state index in [2.05, 4.69) is 38.6 Å². The van der Waals surface area contributed by atoms with Crippen molar-refractivity contribution in [3.05, 3.63) is 35.3 Å². The molecule has 0 bridgehead atoms. The zero-order valence-corrected chi connectivity index (χ0v) is 18.7. The molecular weight excluding hydrogens is 444 g/mol. The maximum Gasteiger partial charge on any atom is 0.415 e. The lowest BCUT2D eigenvalue weighted by Crippen LogP contribution is -2.30. The Bertz CT molecular complexity index is 1080. The van der Waals surface area contributed by atoms with Crippen molar-refractivity contribution in [3.8, 4) is 5.88 Å². The number of ether oxygens (including phenoxy) is 2. The molecule has 1 saturated heterocycles. The van der Waals surface area contributed by atoms with E-state index in [0.29, 0.717) is 24.7 Å². The van der Waals surface area contributed by atoms with Gasteiger partial charge in [0, 0.05) is 11.9 Å². The number of carbonyl (C=O) groups is 3. The van der Waals surface area contributed by atoms with E-state index in [0.717, 1.165) is 31.6 Å². The number of nitrogens with zero attached hydrogens (tertiary/aromatic N) is 4. The highest BCUT2D eigenvalue weighted by Gasteiger charge is 2.34. The van der Waals surface area contributed by atoms with E-state index in [1.165, 1.54) is 22.2 Å². The SMILES string of the molecule is Cc1nccc2c1CC(CNCCC1CN(c3cnc4c(n3)NC(=O)CO4)C(=O)O1)C2.O=CO. The zero-order valence-electron chi connectivity index (χ0n) is 18.7. The summed E-state index contributed by atoms with van der Waals surface area (Å²) < 4.78 is 10.7. The molecule has 12 nitrogen and oxygen atoms in total. The van der Waals surface area contributed by atoms with Crippen LogP contribution in [0, 0.1) is 12.8 Å². The summed E-state index contributed by atoms with van der Waals surface area (Å²) in [6.45, 7) is 3.81. The lowest BCUT2D eigenvalue weighted by Gasteiger charge is -2.18. The first-order valence-electron chi connectivity index (χ1n) is 11.0. The van der Waals surface area contributed by atoms with Crippen molar-refractivity contribution in [2.45, 2.75) is 32.3 Å². The minimum Gasteiger partial charge on any atom is -0.483 e. The highest BCUT2D eigenvalue weighted by Crippen LogP contribution is 2.29. The molecule has 0 radical (unpaired) electrons. The fourth-order valence-electron chi connectivity index (χ4n) is 4.35. The van der Waals surface area contributed by atoms with E-state index in [1.807, 2.05) is 6.20 Å². The minimum absolute atomic E-state index is 0.0920. The van der Waals surface area contributed by atoms with Gasteiger partial charge < -0.3 is 25.2 Å². The second kappa shape index (κ2) is 10.4. The lowest BCUT2D eigenvalue weighted by atomic mass is 10.1. The number of aromatic nitrogens is 3. The number of rotatable bonds is 6. The Morgan fingerprint density at radius 1 is 1.32 bits per heavy atom. The van der Waals surface area contributed by atoms with Crippen LogP contribution in [-0.4, -0.2) is 70.9 Å². The highest BCUT2D eigenvalue weighted by molar-refractivity contribution is 5.94. The van der Waals surface area contributed by atoms with Gasteiger partial charge in [0.25, 0.3) is 18.3 Å². The number of hydrogen-bond acceptors (Lipinski definition) is 9. The summed E-state index contributed by atoms with van der Waals surface area (Å²) >= 11 is 0. The minimum atomic E-state index is -0.462. The van der Waals surface area contributed by atoms with Crippen LogP contribution in [0.25, 0.3) is 0 Å². The summed E-state index contributed by atoms with van der Waals surface area (Å²) in [6.07, 6.45) is 5.50. The van der Waals surface area contributed by atoms with Gasteiger partial charge in [-0.05, 0) is 62.4 Å². The number of carboxylic acid groups (broad SMARTS) is 1. The third-order valence-corrected chi connectivity index (χ3v) is 5.92. The summed E-state index contributed by atoms with van der Waals surface area (Å²) in [6, 6.07) is 2.12. The number of anilines is 2. The van der Waals surface area contributed by atoms with E-state index in [1.54, 1.807) is 0 Å². The molecule has 0 saturated carbocycles. The molecule has 2 unspecified atom stereocenters. The fourth-order valence-corrected chi connectivity index (χ4v) is 4.35. The van der Waals surface area contributed by atoms with Crippen molar-refractivity contribution in [1.29, 1.82) is 0 Å². The number of carbonyl (C=O) groups excluding carboxylic acids is 2. The van der Waals surface area contributed by atoms with Gasteiger partial charge in [0.15, 0.2) is 18.2 Å². The number of pyridine rings is 1. The van der Waals surface area contributed by atoms with Gasteiger partial charge in [-0.25, -0.2) is 14.8 Å². The standard InChI is InChI=1S/C21H24N6O4.CH2O2/c1-12-16-7-13(6-14(16)2-5-23-12)8-22-4-3-15-10-27(21(29)31-15)17-9-24-20-19(25-17)26-18(28)11-30-20;2-1-3/h2,5,9,13,15,22H,3-4,6-8,10-11H2,1H3,(H,25,26,28);1H,(H,2,3). The first kappa shape index (κ1) is 23.4. The van der Waals surface area contributed by atoms with Crippen LogP contribution in [0.3, 0.4) is 0 Å². The first-order chi connectivity index (χ1) is 16.5. The Balaban J connectivity index is 0.000000868. The molecule has 1 aliphatic carbocycles. The predicted molar refractivity (Wildman–Crippen MR) is 120 cm³/mol. The second-order valence-electron chi connectivity index (χ2n) is 8.24. The van der Waals surface area contributed by atoms with E-state index >= 15 is 0 Å². The lowest BCUT2D eigenvalue weighted by molar-refractivity contribution is -0.123. The molecule has 2 atom stereocenters. The van der Waals surface area contributed by atoms with Crippen LogP contribution >= 0.6 is 0 Å². The third kappa shape index (κ3) is 5.22. The van der Waals surface area contributed by atoms with Crippen molar-refractivity contribution >= 4 is 30.1 Å². The normalized spacial score (nSPS) is 20.3. The average molecular weight is 470 g/mol. The molecule has 3 aliphatic rings. The Hall–Kier alpha value is -3.80. The van der Waals surface area contributed by atoms with Crippen molar-refractivity contribution in [3.63, 3.8) is 0 Å². The van der Waals surface area contributed by atoms with Gasteiger partial charge in [0.1, 0.15) is 6.10 Å². The quantitative estimate of drug-likeness (QED) is 0.410. The second-order valence-corrected chi connectivity index (χ2v) is 8.24. The van der Waals surface area contributed by atoms with Crippen LogP contribution in [0.2, 0.25) is 0 Å². The molecule has 2 amide bonds. The third-order valence-electron chi connectivity index (χ3n) is 5.92. The smallest absolute Gasteiger partial charge is 0.415 e. The van der Waals surface area contributed by atoms with Crippen LogP contribution in [0.1, 0.15) is 23.2 Å². The van der Waals surface area contributed by atoms with E-state index in [-0.39, 0.29) is 36.8 Å². The molecule has 12 heteroatoms. The van der Waals surface area contributed by atoms with E-state index in [9.17, 15) is 9.59 Å². The maximum atomic E-state index is 12.3. The van der Waals surface area contributed by atoms with Crippen LogP contribution in [0.5, 0.6) is 5.88 Å². The van der Waals surface area contributed by atoms with Gasteiger partial charge in [-0.1, -0.05) is 0 Å². The van der Waals surface area contributed by atoms with Crippen LogP contribution in [0.4, 0.5) is 16.4 Å². The molecule has 0 spiro atoms. The van der Waals surface area contributed by atoms with Crippen LogP contribution < -0.4 is 20.3 Å². The topological polar surface area (TPSA) is 156 Å². The van der Waals surface area contributed by atoms with Crippen molar-refractivity contribution < 1.29 is 29.0 Å². The molecule has 1 fully saturated rings. The van der Waals surface area contributed by atoms with E-state index in [4.69, 9.17) is 19.4 Å². The number of amides is 2. The van der Waals surface area contributed by atoms with Crippen LogP contribution in [-0.2, 0) is 27.2 Å². The summed E-state index contributed by atoms with van der Waals surface area (Å²) in [5, 5.41) is 13.0. The zero-order chi connectivity index (χ0) is 24.1. The predicted octanol–water partition coefficient (Wildman–Crippen LogP) is 0.932. The summed E-state index contributed by atoms with van der Waals surface area (Å²) in [7, 11) is 0. The van der Waals surface area contributed by atoms with Gasteiger partial charge in [-0.2, -0.15) is 0 Å². The fraction of sp³-hybridized carbons (Fsp3) is 0.455. The molecule has 34 heavy (non-hydrogen) atoms. The number of aryl methyl sites for hydroxylation is 1. The van der Waals surface area contributed by atoms with Gasteiger partial charge in [-0.3, -0.25) is 19.5 Å². The summed E-state index contributed by atoms with van der Waals surface area (Å²) in [5.41, 5.74) is 3.93. The Kier molecular flexibility index (Phi) is 7.16. The Morgan fingerprint density at radius 2 is 2.15 bits per heavy atom. The maximum absolute atomic E-state index is 12.3. The molecular formula is C22H26N6O6. The van der Waals surface area contributed by atoms with Gasteiger partial charge in [-0.15, -0.1) is 0 Å². The van der Waals surface area contributed by atoms with Crippen molar-refractivity contribution in [1.82, 2.24) is 20.3 Å². The van der Waals surface area contributed by atoms with Gasteiger partial charge >= 0.3 is 6.09 Å². The number of cyclic esters (lactones) is 1. The number of nitrogens with one attached hydrogen (secondary N) is 2. The van der Waals surface area contributed by atoms with E-state index < -0.39 is 6.09 Å². The molecule has 180 valence electrons. The molecule has 2 aliphatic heterocycles. The number of hydrogen-bond donors (Lipinski definition) is 3. The van der Waals surface area contributed by atoms with Gasteiger partial charge in [0.05, 0.1) is 12.7 Å². The Morgan fingerprint density at radius 3 is 2.94 bits per heavy atom.